The molecule has 1 saturated heterocycles. The molecule has 1 fully saturated rings. The maximum absolute atomic E-state index is 13.9. The van der Waals surface area contributed by atoms with Gasteiger partial charge in [-0.25, -0.2) is 9.18 Å². The third-order valence-corrected chi connectivity index (χ3v) is 5.21. The van der Waals surface area contributed by atoms with E-state index in [1.165, 1.54) is 24.6 Å². The Kier molecular flexibility index (Phi) is 6.80. The second-order valence-electron chi connectivity index (χ2n) is 6.76. The van der Waals surface area contributed by atoms with E-state index in [-0.39, 0.29) is 11.5 Å². The summed E-state index contributed by atoms with van der Waals surface area (Å²) in [7, 11) is 0. The van der Waals surface area contributed by atoms with Crippen LogP contribution in [-0.4, -0.2) is 54.0 Å². The molecule has 0 N–H and O–H groups in total. The van der Waals surface area contributed by atoms with E-state index >= 15 is 0 Å². The Balaban J connectivity index is 1.51. The van der Waals surface area contributed by atoms with Crippen LogP contribution < -0.4 is 0 Å². The van der Waals surface area contributed by atoms with Crippen molar-refractivity contribution in [3.63, 3.8) is 0 Å². The number of esters is 1. The molecule has 1 amide bonds. The molecule has 1 aliphatic rings. The number of hydrogen-bond donors (Lipinski definition) is 0. The van der Waals surface area contributed by atoms with E-state index in [2.05, 4.69) is 33.0 Å². The maximum atomic E-state index is 13.9. The number of carbonyl (C=O) groups is 2. The molecule has 0 spiro atoms. The fourth-order valence-electron chi connectivity index (χ4n) is 3.15. The zero-order valence-electron chi connectivity index (χ0n) is 15.6. The molecular formula is C21H22BrFN2O3. The van der Waals surface area contributed by atoms with Gasteiger partial charge < -0.3 is 9.64 Å². The highest BCUT2D eigenvalue weighted by Gasteiger charge is 2.28. The minimum atomic E-state index is -0.962. The zero-order valence-corrected chi connectivity index (χ0v) is 17.2. The number of carbonyl (C=O) groups excluding carboxylic acids is 2. The molecule has 0 saturated carbocycles. The zero-order chi connectivity index (χ0) is 20.1. The van der Waals surface area contributed by atoms with Crippen LogP contribution in [0.3, 0.4) is 0 Å². The number of rotatable bonds is 5. The lowest BCUT2D eigenvalue weighted by atomic mass is 10.2. The molecule has 0 aliphatic carbocycles. The van der Waals surface area contributed by atoms with Gasteiger partial charge in [0.2, 0.25) is 0 Å². The van der Waals surface area contributed by atoms with Gasteiger partial charge in [0.05, 0.1) is 5.56 Å². The fraction of sp³-hybridized carbons (Fsp3) is 0.333. The van der Waals surface area contributed by atoms with Crippen molar-refractivity contribution in [3.05, 3.63) is 69.9 Å². The van der Waals surface area contributed by atoms with Gasteiger partial charge in [-0.2, -0.15) is 0 Å². The van der Waals surface area contributed by atoms with Crippen LogP contribution in [0, 0.1) is 5.82 Å². The third kappa shape index (κ3) is 5.17. The average Bonchev–Trinajstić information content (AvgIpc) is 2.68. The number of benzene rings is 2. The topological polar surface area (TPSA) is 49.9 Å². The summed E-state index contributed by atoms with van der Waals surface area (Å²) in [6.07, 6.45) is -0.962. The summed E-state index contributed by atoms with van der Waals surface area (Å²) < 4.78 is 19.6. The van der Waals surface area contributed by atoms with Crippen LogP contribution in [0.15, 0.2) is 53.0 Å². The highest BCUT2D eigenvalue weighted by molar-refractivity contribution is 9.10. The Morgan fingerprint density at radius 3 is 2.43 bits per heavy atom. The van der Waals surface area contributed by atoms with E-state index in [4.69, 9.17) is 4.74 Å². The summed E-state index contributed by atoms with van der Waals surface area (Å²) in [5.41, 5.74) is 1.05. The normalized spacial score (nSPS) is 15.9. The number of amides is 1. The molecule has 0 aromatic heterocycles. The van der Waals surface area contributed by atoms with E-state index < -0.39 is 17.9 Å². The first kappa shape index (κ1) is 20.5. The number of piperazine rings is 1. The fourth-order valence-corrected chi connectivity index (χ4v) is 3.49. The first-order valence-corrected chi connectivity index (χ1v) is 9.94. The molecule has 1 aliphatic heterocycles. The number of ether oxygens (including phenoxy) is 1. The van der Waals surface area contributed by atoms with Crippen molar-refractivity contribution in [2.45, 2.75) is 19.6 Å². The minimum Gasteiger partial charge on any atom is -0.449 e. The molecule has 0 bridgehead atoms. The SMILES string of the molecule is CC(OC(=O)c1ccc(Br)cc1F)C(=O)N1CCN(Cc2ccccc2)CC1. The quantitative estimate of drug-likeness (QED) is 0.657. The first-order chi connectivity index (χ1) is 13.4. The first-order valence-electron chi connectivity index (χ1n) is 9.15. The van der Waals surface area contributed by atoms with E-state index in [1.807, 2.05) is 18.2 Å². The minimum absolute atomic E-state index is 0.185. The van der Waals surface area contributed by atoms with Gasteiger partial charge in [0.1, 0.15) is 5.82 Å². The van der Waals surface area contributed by atoms with Crippen LogP contribution in [0.4, 0.5) is 4.39 Å². The molecule has 5 nitrogen and oxygen atoms in total. The van der Waals surface area contributed by atoms with Crippen molar-refractivity contribution in [1.29, 1.82) is 0 Å². The van der Waals surface area contributed by atoms with Gasteiger partial charge in [0, 0.05) is 37.2 Å². The highest BCUT2D eigenvalue weighted by atomic mass is 79.9. The molecule has 7 heteroatoms. The summed E-state index contributed by atoms with van der Waals surface area (Å²) in [4.78, 5) is 28.7. The van der Waals surface area contributed by atoms with Gasteiger partial charge in [-0.05, 0) is 30.7 Å². The van der Waals surface area contributed by atoms with E-state index in [9.17, 15) is 14.0 Å². The predicted octanol–water partition coefficient (Wildman–Crippen LogP) is 3.48. The highest BCUT2D eigenvalue weighted by Crippen LogP contribution is 2.17. The van der Waals surface area contributed by atoms with Gasteiger partial charge in [-0.1, -0.05) is 46.3 Å². The molecule has 148 valence electrons. The van der Waals surface area contributed by atoms with Crippen molar-refractivity contribution in [1.82, 2.24) is 9.80 Å². The van der Waals surface area contributed by atoms with Crippen LogP contribution >= 0.6 is 15.9 Å². The molecule has 28 heavy (non-hydrogen) atoms. The van der Waals surface area contributed by atoms with E-state index in [1.54, 1.807) is 11.0 Å². The number of hydrogen-bond acceptors (Lipinski definition) is 4. The molecule has 0 radical (unpaired) electrons. The third-order valence-electron chi connectivity index (χ3n) is 4.72. The van der Waals surface area contributed by atoms with Gasteiger partial charge >= 0.3 is 5.97 Å². The molecule has 1 heterocycles. The predicted molar refractivity (Wildman–Crippen MR) is 107 cm³/mol. The standard InChI is InChI=1S/C21H22BrFN2O3/c1-15(28-21(27)18-8-7-17(22)13-19(18)23)20(26)25-11-9-24(10-12-25)14-16-5-3-2-4-6-16/h2-8,13,15H,9-12,14H2,1H3. The van der Waals surface area contributed by atoms with Gasteiger partial charge in [-0.15, -0.1) is 0 Å². The Bertz CT molecular complexity index is 839. The summed E-state index contributed by atoms with van der Waals surface area (Å²) in [6, 6.07) is 14.3. The summed E-state index contributed by atoms with van der Waals surface area (Å²) >= 11 is 3.14. The Morgan fingerprint density at radius 2 is 1.79 bits per heavy atom. The van der Waals surface area contributed by atoms with Gasteiger partial charge in [0.15, 0.2) is 6.10 Å². The average molecular weight is 449 g/mol. The lowest BCUT2D eigenvalue weighted by Crippen LogP contribution is -2.51. The summed E-state index contributed by atoms with van der Waals surface area (Å²) in [5.74, 6) is -1.78. The second-order valence-corrected chi connectivity index (χ2v) is 7.67. The van der Waals surface area contributed by atoms with Gasteiger partial charge in [-0.3, -0.25) is 9.69 Å². The molecular weight excluding hydrogens is 427 g/mol. The van der Waals surface area contributed by atoms with Crippen molar-refractivity contribution in [2.75, 3.05) is 26.2 Å². The lowest BCUT2D eigenvalue weighted by Gasteiger charge is -2.35. The Morgan fingerprint density at radius 1 is 1.11 bits per heavy atom. The van der Waals surface area contributed by atoms with Gasteiger partial charge in [0.25, 0.3) is 5.91 Å². The summed E-state index contributed by atoms with van der Waals surface area (Å²) in [6.45, 7) is 5.01. The molecule has 3 rings (SSSR count). The van der Waals surface area contributed by atoms with Crippen LogP contribution in [-0.2, 0) is 16.1 Å². The van der Waals surface area contributed by atoms with E-state index in [0.717, 1.165) is 19.6 Å². The smallest absolute Gasteiger partial charge is 0.341 e. The second kappa shape index (κ2) is 9.30. The monoisotopic (exact) mass is 448 g/mol. The summed E-state index contributed by atoms with van der Waals surface area (Å²) in [5, 5.41) is 0. The Labute approximate surface area is 172 Å². The van der Waals surface area contributed by atoms with Crippen LogP contribution in [0.5, 0.6) is 0 Å². The molecule has 2 aromatic carbocycles. The molecule has 1 atom stereocenters. The van der Waals surface area contributed by atoms with Crippen molar-refractivity contribution in [2.24, 2.45) is 0 Å². The largest absolute Gasteiger partial charge is 0.449 e. The van der Waals surface area contributed by atoms with Crippen LogP contribution in [0.25, 0.3) is 0 Å². The van der Waals surface area contributed by atoms with E-state index in [0.29, 0.717) is 17.6 Å². The lowest BCUT2D eigenvalue weighted by molar-refractivity contribution is -0.141. The van der Waals surface area contributed by atoms with Crippen LogP contribution in [0.2, 0.25) is 0 Å². The van der Waals surface area contributed by atoms with Crippen LogP contribution in [0.1, 0.15) is 22.8 Å². The number of halogens is 2. The number of nitrogens with zero attached hydrogens (tertiary/aromatic N) is 2. The molecule has 1 unspecified atom stereocenters. The van der Waals surface area contributed by atoms with Crippen molar-refractivity contribution >= 4 is 27.8 Å². The van der Waals surface area contributed by atoms with Crippen molar-refractivity contribution in [3.8, 4) is 0 Å². The molecule has 2 aromatic rings. The Hall–Kier alpha value is -2.25. The maximum Gasteiger partial charge on any atom is 0.341 e. The van der Waals surface area contributed by atoms with Crippen molar-refractivity contribution < 1.29 is 18.7 Å².